The second-order valence-electron chi connectivity index (χ2n) is 2.70. The zero-order valence-electron chi connectivity index (χ0n) is 6.51. The maximum Gasteiger partial charge on any atom is 0.0807 e. The minimum atomic E-state index is 1.17. The Kier molecular flexibility index (Phi) is 2.16. The molecular weight excluding hydrogens is 329 g/mol. The number of benzene rings is 1. The number of hydrogen-bond donors (Lipinski definition) is 0. The summed E-state index contributed by atoms with van der Waals surface area (Å²) in [6, 6.07) is 8.43. The van der Waals surface area contributed by atoms with Crippen LogP contribution in [0.25, 0.3) is 10.9 Å². The van der Waals surface area contributed by atoms with Crippen molar-refractivity contribution in [3.05, 3.63) is 32.4 Å². The molecule has 1 aromatic heterocycles. The molecule has 1 aromatic carbocycles. The van der Waals surface area contributed by atoms with E-state index in [4.69, 9.17) is 0 Å². The molecule has 1 heterocycles. The van der Waals surface area contributed by atoms with E-state index in [-0.39, 0.29) is 0 Å². The van der Waals surface area contributed by atoms with Crippen molar-refractivity contribution in [1.29, 1.82) is 0 Å². The van der Waals surface area contributed by atoms with E-state index >= 15 is 0 Å². The summed E-state index contributed by atoms with van der Waals surface area (Å²) in [6.07, 6.45) is 0. The second kappa shape index (κ2) is 3.03. The van der Waals surface area contributed by atoms with E-state index in [1.807, 2.05) is 0 Å². The Bertz CT molecular complexity index is 433. The van der Waals surface area contributed by atoms with Crippen LogP contribution >= 0.6 is 38.5 Å². The van der Waals surface area contributed by atoms with E-state index in [1.165, 1.54) is 19.1 Å². The third-order valence-electron chi connectivity index (χ3n) is 1.98. The van der Waals surface area contributed by atoms with Gasteiger partial charge in [-0.25, -0.2) is 0 Å². The van der Waals surface area contributed by atoms with Gasteiger partial charge in [0.05, 0.1) is 3.70 Å². The highest BCUT2D eigenvalue weighted by Crippen LogP contribution is 2.26. The minimum Gasteiger partial charge on any atom is -0.339 e. The van der Waals surface area contributed by atoms with Crippen molar-refractivity contribution in [3.63, 3.8) is 0 Å². The van der Waals surface area contributed by atoms with E-state index in [0.717, 1.165) is 0 Å². The molecule has 3 heteroatoms. The quantitative estimate of drug-likeness (QED) is 0.649. The van der Waals surface area contributed by atoms with Gasteiger partial charge in [0, 0.05) is 22.4 Å². The predicted molar refractivity (Wildman–Crippen MR) is 63.3 cm³/mol. The van der Waals surface area contributed by atoms with E-state index < -0.39 is 0 Å². The van der Waals surface area contributed by atoms with Gasteiger partial charge in [-0.2, -0.15) is 0 Å². The van der Waals surface area contributed by atoms with E-state index in [9.17, 15) is 0 Å². The summed E-state index contributed by atoms with van der Waals surface area (Å²) in [5, 5.41) is 1.28. The van der Waals surface area contributed by atoms with Crippen LogP contribution in [-0.2, 0) is 7.05 Å². The first-order valence-electron chi connectivity index (χ1n) is 3.59. The molecule has 0 amide bonds. The number of rotatable bonds is 0. The van der Waals surface area contributed by atoms with Gasteiger partial charge >= 0.3 is 0 Å². The summed E-state index contributed by atoms with van der Waals surface area (Å²) in [6.45, 7) is 0. The van der Waals surface area contributed by atoms with Crippen LogP contribution in [0, 0.1) is 3.70 Å². The lowest BCUT2D eigenvalue weighted by molar-refractivity contribution is 0.938. The first-order valence-corrected chi connectivity index (χ1v) is 5.47. The van der Waals surface area contributed by atoms with Gasteiger partial charge in [0.2, 0.25) is 0 Å². The van der Waals surface area contributed by atoms with Gasteiger partial charge in [-0.15, -0.1) is 0 Å². The van der Waals surface area contributed by atoms with Gasteiger partial charge in [0.15, 0.2) is 0 Å². The number of halogens is 2. The van der Waals surface area contributed by atoms with Crippen molar-refractivity contribution in [1.82, 2.24) is 4.57 Å². The average Bonchev–Trinajstić information content (AvgIpc) is 2.32. The van der Waals surface area contributed by atoms with Crippen LogP contribution in [0.5, 0.6) is 0 Å². The Morgan fingerprint density at radius 1 is 1.42 bits per heavy atom. The molecule has 2 aromatic rings. The van der Waals surface area contributed by atoms with Crippen LogP contribution in [0.3, 0.4) is 0 Å². The second-order valence-corrected chi connectivity index (χ2v) is 4.66. The fraction of sp³-hybridized carbons (Fsp3) is 0.111. The topological polar surface area (TPSA) is 4.93 Å². The van der Waals surface area contributed by atoms with Crippen molar-refractivity contribution in [2.75, 3.05) is 0 Å². The summed E-state index contributed by atoms with van der Waals surface area (Å²) in [5.74, 6) is 0. The lowest BCUT2D eigenvalue weighted by Crippen LogP contribution is -1.88. The van der Waals surface area contributed by atoms with Gasteiger partial charge in [-0.3, -0.25) is 0 Å². The van der Waals surface area contributed by atoms with Gasteiger partial charge in [-0.05, 0) is 40.8 Å². The van der Waals surface area contributed by atoms with E-state index in [1.54, 1.807) is 0 Å². The molecule has 2 rings (SSSR count). The molecule has 0 bridgehead atoms. The summed E-state index contributed by atoms with van der Waals surface area (Å²) in [5.41, 5.74) is 1.27. The lowest BCUT2D eigenvalue weighted by Gasteiger charge is -1.97. The van der Waals surface area contributed by atoms with Gasteiger partial charge in [0.1, 0.15) is 0 Å². The predicted octanol–water partition coefficient (Wildman–Crippen LogP) is 3.55. The summed E-state index contributed by atoms with van der Waals surface area (Å²) >= 11 is 5.86. The highest BCUT2D eigenvalue weighted by atomic mass is 127. The Hall–Kier alpha value is -0.0300. The molecule has 12 heavy (non-hydrogen) atoms. The first kappa shape index (κ1) is 8.56. The molecule has 0 atom stereocenters. The Morgan fingerprint density at radius 3 is 2.83 bits per heavy atom. The van der Waals surface area contributed by atoms with Crippen molar-refractivity contribution in [2.45, 2.75) is 0 Å². The highest BCUT2D eigenvalue weighted by molar-refractivity contribution is 14.1. The van der Waals surface area contributed by atoms with Crippen molar-refractivity contribution >= 4 is 49.4 Å². The van der Waals surface area contributed by atoms with Crippen molar-refractivity contribution < 1.29 is 0 Å². The van der Waals surface area contributed by atoms with Crippen LogP contribution in [0.2, 0.25) is 0 Å². The average molecular weight is 336 g/mol. The Labute approximate surface area is 93.0 Å². The minimum absolute atomic E-state index is 1.17. The van der Waals surface area contributed by atoms with Crippen LogP contribution < -0.4 is 0 Å². The zero-order chi connectivity index (χ0) is 8.72. The molecule has 0 radical (unpaired) electrons. The molecular formula is C9H7BrIN. The first-order chi connectivity index (χ1) is 5.70. The number of aryl methyl sites for hydroxylation is 1. The normalized spacial score (nSPS) is 10.9. The van der Waals surface area contributed by atoms with Crippen LogP contribution in [0.15, 0.2) is 28.7 Å². The van der Waals surface area contributed by atoms with Gasteiger partial charge in [-0.1, -0.05) is 22.0 Å². The van der Waals surface area contributed by atoms with Crippen LogP contribution in [0.1, 0.15) is 0 Å². The Balaban J connectivity index is 2.95. The van der Waals surface area contributed by atoms with Crippen LogP contribution in [0.4, 0.5) is 0 Å². The molecule has 62 valence electrons. The number of hydrogen-bond acceptors (Lipinski definition) is 0. The molecule has 0 fully saturated rings. The van der Waals surface area contributed by atoms with E-state index in [2.05, 4.69) is 74.4 Å². The summed E-state index contributed by atoms with van der Waals surface area (Å²) < 4.78 is 4.61. The number of nitrogens with zero attached hydrogens (tertiary/aromatic N) is 1. The molecule has 0 unspecified atom stereocenters. The zero-order valence-corrected chi connectivity index (χ0v) is 10.3. The molecule has 0 aliphatic rings. The van der Waals surface area contributed by atoms with Crippen molar-refractivity contribution in [3.8, 4) is 0 Å². The summed E-state index contributed by atoms with van der Waals surface area (Å²) in [7, 11) is 2.08. The fourth-order valence-corrected chi connectivity index (χ4v) is 2.33. The number of fused-ring (bicyclic) bond motifs is 1. The SMILES string of the molecule is Cn1c(I)cc2c(Br)cccc21. The fourth-order valence-electron chi connectivity index (χ4n) is 1.29. The highest BCUT2D eigenvalue weighted by Gasteiger charge is 2.04. The summed E-state index contributed by atoms with van der Waals surface area (Å²) in [4.78, 5) is 0. The van der Waals surface area contributed by atoms with Gasteiger partial charge in [0.25, 0.3) is 0 Å². The molecule has 0 N–H and O–H groups in total. The largest absolute Gasteiger partial charge is 0.339 e. The van der Waals surface area contributed by atoms with Crippen molar-refractivity contribution in [2.24, 2.45) is 7.05 Å². The molecule has 0 aliphatic carbocycles. The molecule has 0 saturated heterocycles. The lowest BCUT2D eigenvalue weighted by atomic mass is 10.2. The third kappa shape index (κ3) is 1.19. The monoisotopic (exact) mass is 335 g/mol. The smallest absolute Gasteiger partial charge is 0.0807 e. The maximum atomic E-state index is 3.53. The molecule has 0 spiro atoms. The Morgan fingerprint density at radius 2 is 2.17 bits per heavy atom. The third-order valence-corrected chi connectivity index (χ3v) is 3.70. The van der Waals surface area contributed by atoms with Gasteiger partial charge < -0.3 is 4.57 Å². The molecule has 0 aliphatic heterocycles. The standard InChI is InChI=1S/C9H7BrIN/c1-12-8-4-2-3-7(10)6(8)5-9(12)11/h2-5H,1H3. The van der Waals surface area contributed by atoms with E-state index in [0.29, 0.717) is 0 Å². The molecule has 1 nitrogen and oxygen atoms in total. The van der Waals surface area contributed by atoms with Crippen LogP contribution in [-0.4, -0.2) is 4.57 Å². The maximum absolute atomic E-state index is 3.53. The molecule has 0 saturated carbocycles. The number of aromatic nitrogens is 1.